The van der Waals surface area contributed by atoms with Crippen LogP contribution in [0.15, 0.2) is 66.0 Å². The molecule has 1 saturated heterocycles. The summed E-state index contributed by atoms with van der Waals surface area (Å²) in [5.74, 6) is 2.55. The number of benzene rings is 2. The molecule has 36 heavy (non-hydrogen) atoms. The molecule has 0 atom stereocenters. The maximum absolute atomic E-state index is 6.31. The molecule has 1 aliphatic rings. The minimum absolute atomic E-state index is 0. The lowest BCUT2D eigenvalue weighted by molar-refractivity contribution is 0.303. The number of rotatable bonds is 7. The van der Waals surface area contributed by atoms with Gasteiger partial charge in [-0.1, -0.05) is 41.9 Å². The Morgan fingerprint density at radius 1 is 0.972 bits per heavy atom. The quantitative estimate of drug-likeness (QED) is 0.244. The van der Waals surface area contributed by atoms with Gasteiger partial charge in [0.05, 0.1) is 10.5 Å². The number of anilines is 1. The van der Waals surface area contributed by atoms with E-state index in [0.29, 0.717) is 18.1 Å². The molecule has 6 rings (SSSR count). The molecule has 6 nitrogen and oxygen atoms in total. The summed E-state index contributed by atoms with van der Waals surface area (Å²) in [7, 11) is 0. The number of aromatic nitrogens is 4. The number of hydrogen-bond acceptors (Lipinski definition) is 6. The second-order valence-corrected chi connectivity index (χ2v) is 10.0. The van der Waals surface area contributed by atoms with Crippen LogP contribution in [0.3, 0.4) is 0 Å². The molecule has 0 saturated carbocycles. The Morgan fingerprint density at radius 2 is 1.81 bits per heavy atom. The van der Waals surface area contributed by atoms with Crippen LogP contribution >= 0.6 is 35.3 Å². The van der Waals surface area contributed by atoms with Crippen molar-refractivity contribution in [2.45, 2.75) is 25.9 Å². The highest BCUT2D eigenvalue weighted by Crippen LogP contribution is 2.29. The highest BCUT2D eigenvalue weighted by Gasteiger charge is 2.17. The number of imidazole rings is 1. The summed E-state index contributed by atoms with van der Waals surface area (Å²) in [6.07, 6.45) is 3.07. The predicted octanol–water partition coefficient (Wildman–Crippen LogP) is 6.93. The van der Waals surface area contributed by atoms with Gasteiger partial charge < -0.3 is 14.6 Å². The van der Waals surface area contributed by atoms with Gasteiger partial charge in [-0.2, -0.15) is 0 Å². The summed E-state index contributed by atoms with van der Waals surface area (Å²) in [5.41, 5.74) is 4.60. The Kier molecular flexibility index (Phi) is 7.41. The average molecular weight is 539 g/mol. The minimum Gasteiger partial charge on any atom is -0.489 e. The number of nitrogens with zero attached hydrogens (tertiary/aromatic N) is 4. The van der Waals surface area contributed by atoms with E-state index in [0.717, 1.165) is 63.5 Å². The maximum atomic E-state index is 6.31. The standard InChI is InChI=1S/C27H24ClN5OS.ClH/c28-20-8-10-23(34-16-18-6-2-1-3-7-18)19(14-20)15-25-29-22(17-35-25)27-30-21-9-11-24(31-26(21)32-27)33-12-4-5-13-33;/h1-3,6-11,14,17H,4-5,12-13,15-16H2,(H,30,31,32);1H. The Hall–Kier alpha value is -3.13. The smallest absolute Gasteiger partial charge is 0.180 e. The summed E-state index contributed by atoms with van der Waals surface area (Å²) in [6.45, 7) is 2.63. The fraction of sp³-hybridized carbons (Fsp3) is 0.222. The lowest BCUT2D eigenvalue weighted by atomic mass is 10.1. The first-order valence-corrected chi connectivity index (χ1v) is 13.0. The van der Waals surface area contributed by atoms with Crippen LogP contribution in [0.2, 0.25) is 5.02 Å². The van der Waals surface area contributed by atoms with Gasteiger partial charge in [0.1, 0.15) is 23.9 Å². The number of H-pyrrole nitrogens is 1. The van der Waals surface area contributed by atoms with Crippen molar-refractivity contribution in [3.8, 4) is 17.3 Å². The molecule has 1 aliphatic heterocycles. The number of pyridine rings is 1. The van der Waals surface area contributed by atoms with Crippen LogP contribution < -0.4 is 9.64 Å². The van der Waals surface area contributed by atoms with E-state index in [2.05, 4.69) is 34.1 Å². The Bertz CT molecular complexity index is 1460. The Balaban J connectivity index is 0.00000267. The monoisotopic (exact) mass is 537 g/mol. The molecule has 1 N–H and O–H groups in total. The Labute approximate surface area is 224 Å². The van der Waals surface area contributed by atoms with Crippen molar-refractivity contribution >= 4 is 52.3 Å². The van der Waals surface area contributed by atoms with Crippen LogP contribution in [0.25, 0.3) is 22.7 Å². The van der Waals surface area contributed by atoms with E-state index in [1.54, 1.807) is 11.3 Å². The number of fused-ring (bicyclic) bond motifs is 1. The Morgan fingerprint density at radius 3 is 2.64 bits per heavy atom. The van der Waals surface area contributed by atoms with E-state index in [4.69, 9.17) is 31.3 Å². The van der Waals surface area contributed by atoms with Crippen LogP contribution in [-0.2, 0) is 13.0 Å². The first-order valence-electron chi connectivity index (χ1n) is 11.7. The minimum atomic E-state index is 0. The zero-order chi connectivity index (χ0) is 23.6. The van der Waals surface area contributed by atoms with E-state index in [1.165, 1.54) is 12.8 Å². The topological polar surface area (TPSA) is 66.9 Å². The molecule has 2 aromatic carbocycles. The molecule has 0 spiro atoms. The van der Waals surface area contributed by atoms with Gasteiger partial charge in [-0.15, -0.1) is 23.7 Å². The number of hydrogen-bond donors (Lipinski definition) is 1. The lowest BCUT2D eigenvalue weighted by Gasteiger charge is -2.15. The van der Waals surface area contributed by atoms with E-state index in [9.17, 15) is 0 Å². The summed E-state index contributed by atoms with van der Waals surface area (Å²) in [6, 6.07) is 20.0. The fourth-order valence-electron chi connectivity index (χ4n) is 4.35. The molecule has 5 aromatic rings. The number of thiazole rings is 1. The van der Waals surface area contributed by atoms with Crippen molar-refractivity contribution in [2.75, 3.05) is 18.0 Å². The molecule has 0 unspecified atom stereocenters. The van der Waals surface area contributed by atoms with E-state index < -0.39 is 0 Å². The molecular weight excluding hydrogens is 513 g/mol. The van der Waals surface area contributed by atoms with Crippen LogP contribution in [-0.4, -0.2) is 33.0 Å². The third-order valence-corrected chi connectivity index (χ3v) is 7.24. The van der Waals surface area contributed by atoms with Gasteiger partial charge in [-0.3, -0.25) is 0 Å². The van der Waals surface area contributed by atoms with Crippen LogP contribution in [0.4, 0.5) is 5.82 Å². The van der Waals surface area contributed by atoms with Crippen molar-refractivity contribution in [3.05, 3.63) is 87.2 Å². The van der Waals surface area contributed by atoms with E-state index in [-0.39, 0.29) is 12.4 Å². The average Bonchev–Trinajstić information content (AvgIpc) is 3.64. The summed E-state index contributed by atoms with van der Waals surface area (Å²) < 4.78 is 6.12. The van der Waals surface area contributed by atoms with Gasteiger partial charge in [0.25, 0.3) is 0 Å². The molecule has 9 heteroatoms. The molecule has 184 valence electrons. The normalized spacial score (nSPS) is 13.2. The lowest BCUT2D eigenvalue weighted by Crippen LogP contribution is -2.18. The van der Waals surface area contributed by atoms with E-state index >= 15 is 0 Å². The van der Waals surface area contributed by atoms with E-state index in [1.807, 2.05) is 41.8 Å². The fourth-order valence-corrected chi connectivity index (χ4v) is 5.35. The van der Waals surface area contributed by atoms with Crippen molar-refractivity contribution in [1.82, 2.24) is 19.9 Å². The second kappa shape index (κ2) is 10.9. The third kappa shape index (κ3) is 5.33. The van der Waals surface area contributed by atoms with Crippen molar-refractivity contribution < 1.29 is 4.74 Å². The molecule has 0 aliphatic carbocycles. The van der Waals surface area contributed by atoms with Gasteiger partial charge in [0.15, 0.2) is 11.5 Å². The van der Waals surface area contributed by atoms with Crippen LogP contribution in [0, 0.1) is 0 Å². The summed E-state index contributed by atoms with van der Waals surface area (Å²) in [5, 5.41) is 3.68. The number of halogens is 2. The largest absolute Gasteiger partial charge is 0.489 e. The maximum Gasteiger partial charge on any atom is 0.180 e. The van der Waals surface area contributed by atoms with Gasteiger partial charge >= 0.3 is 0 Å². The first kappa shape index (κ1) is 24.6. The molecule has 1 fully saturated rings. The molecule has 0 radical (unpaired) electrons. The number of aromatic amines is 1. The molecule has 3 aromatic heterocycles. The number of ether oxygens (including phenoxy) is 1. The highest BCUT2D eigenvalue weighted by atomic mass is 35.5. The van der Waals surface area contributed by atoms with Gasteiger partial charge in [0.2, 0.25) is 0 Å². The van der Waals surface area contributed by atoms with Gasteiger partial charge in [-0.05, 0) is 48.7 Å². The van der Waals surface area contributed by atoms with Gasteiger partial charge in [0, 0.05) is 35.5 Å². The van der Waals surface area contributed by atoms with Gasteiger partial charge in [-0.25, -0.2) is 15.0 Å². The SMILES string of the molecule is Cl.Clc1ccc(OCc2ccccc2)c(Cc2nc(-c3nc4nc(N5CCCC5)ccc4[nH]3)cs2)c1. The summed E-state index contributed by atoms with van der Waals surface area (Å²) >= 11 is 7.91. The zero-order valence-corrected chi connectivity index (χ0v) is 21.9. The van der Waals surface area contributed by atoms with Crippen molar-refractivity contribution in [1.29, 1.82) is 0 Å². The predicted molar refractivity (Wildman–Crippen MR) is 149 cm³/mol. The zero-order valence-electron chi connectivity index (χ0n) is 19.5. The molecule has 0 amide bonds. The first-order chi connectivity index (χ1) is 17.2. The number of nitrogens with one attached hydrogen (secondary N) is 1. The van der Waals surface area contributed by atoms with Crippen molar-refractivity contribution in [2.24, 2.45) is 0 Å². The molecule has 4 heterocycles. The second-order valence-electron chi connectivity index (χ2n) is 8.65. The summed E-state index contributed by atoms with van der Waals surface area (Å²) in [4.78, 5) is 20.0. The third-order valence-electron chi connectivity index (χ3n) is 6.16. The molecular formula is C27H25Cl2N5OS. The van der Waals surface area contributed by atoms with Crippen LogP contribution in [0.1, 0.15) is 29.0 Å². The van der Waals surface area contributed by atoms with Crippen LogP contribution in [0.5, 0.6) is 5.75 Å². The highest BCUT2D eigenvalue weighted by molar-refractivity contribution is 7.10. The van der Waals surface area contributed by atoms with Crippen molar-refractivity contribution in [3.63, 3.8) is 0 Å². The molecule has 0 bridgehead atoms.